The zero-order valence-corrected chi connectivity index (χ0v) is 16.2. The largest absolute Gasteiger partial charge is 0.493 e. The van der Waals surface area contributed by atoms with E-state index in [4.69, 9.17) is 18.7 Å². The maximum atomic E-state index is 12.9. The number of carbonyl (C=O) groups is 1. The van der Waals surface area contributed by atoms with Crippen molar-refractivity contribution in [3.8, 4) is 22.9 Å². The van der Waals surface area contributed by atoms with E-state index in [1.807, 2.05) is 0 Å². The minimum atomic E-state index is -4.50. The van der Waals surface area contributed by atoms with Crippen LogP contribution in [-0.4, -0.2) is 30.3 Å². The maximum Gasteiger partial charge on any atom is 0.416 e. The Morgan fingerprint density at radius 1 is 1.07 bits per heavy atom. The molecule has 0 aliphatic rings. The van der Waals surface area contributed by atoms with E-state index in [0.29, 0.717) is 11.5 Å². The summed E-state index contributed by atoms with van der Waals surface area (Å²) in [4.78, 5) is 16.4. The van der Waals surface area contributed by atoms with Gasteiger partial charge in [-0.3, -0.25) is 0 Å². The van der Waals surface area contributed by atoms with E-state index >= 15 is 0 Å². The van der Waals surface area contributed by atoms with Crippen LogP contribution in [0, 0.1) is 0 Å². The summed E-state index contributed by atoms with van der Waals surface area (Å²) in [6.07, 6.45) is -5.43. The lowest BCUT2D eigenvalue weighted by Gasteiger charge is -2.11. The van der Waals surface area contributed by atoms with Crippen LogP contribution in [0.5, 0.6) is 11.5 Å². The van der Waals surface area contributed by atoms with E-state index in [0.717, 1.165) is 12.1 Å². The zero-order chi connectivity index (χ0) is 21.9. The fourth-order valence-corrected chi connectivity index (χ4v) is 2.59. The van der Waals surface area contributed by atoms with Gasteiger partial charge in [-0.1, -0.05) is 17.3 Å². The van der Waals surface area contributed by atoms with Crippen LogP contribution in [0.4, 0.5) is 13.2 Å². The normalized spacial score (nSPS) is 12.3. The summed E-state index contributed by atoms with van der Waals surface area (Å²) >= 11 is 0. The minimum absolute atomic E-state index is 0.0508. The van der Waals surface area contributed by atoms with Gasteiger partial charge in [-0.25, -0.2) is 4.79 Å². The molecule has 0 aliphatic heterocycles. The van der Waals surface area contributed by atoms with E-state index in [-0.39, 0.29) is 22.8 Å². The molecule has 30 heavy (non-hydrogen) atoms. The predicted molar refractivity (Wildman–Crippen MR) is 98.1 cm³/mol. The second-order valence-electron chi connectivity index (χ2n) is 6.15. The fourth-order valence-electron chi connectivity index (χ4n) is 2.59. The Balaban J connectivity index is 1.75. The summed E-state index contributed by atoms with van der Waals surface area (Å²) in [7, 11) is 2.90. The van der Waals surface area contributed by atoms with Gasteiger partial charge in [-0.15, -0.1) is 0 Å². The summed E-state index contributed by atoms with van der Waals surface area (Å²) in [5, 5.41) is 3.68. The summed E-state index contributed by atoms with van der Waals surface area (Å²) in [6.45, 7) is 1.50. The molecule has 0 bridgehead atoms. The lowest BCUT2D eigenvalue weighted by atomic mass is 10.1. The second kappa shape index (κ2) is 8.44. The Morgan fingerprint density at radius 2 is 1.80 bits per heavy atom. The first-order chi connectivity index (χ1) is 14.2. The third-order valence-electron chi connectivity index (χ3n) is 4.14. The summed E-state index contributed by atoms with van der Waals surface area (Å²) in [5.74, 6) is 0.0116. The van der Waals surface area contributed by atoms with Crippen LogP contribution in [0.25, 0.3) is 11.4 Å². The van der Waals surface area contributed by atoms with Crippen molar-refractivity contribution in [2.75, 3.05) is 14.2 Å². The summed E-state index contributed by atoms with van der Waals surface area (Å²) in [6, 6.07) is 9.03. The number of alkyl halides is 3. The van der Waals surface area contributed by atoms with Crippen molar-refractivity contribution in [2.45, 2.75) is 19.2 Å². The number of aromatic nitrogens is 2. The molecule has 0 aliphatic carbocycles. The molecule has 158 valence electrons. The van der Waals surface area contributed by atoms with Crippen LogP contribution in [0.15, 0.2) is 47.0 Å². The molecule has 0 amide bonds. The number of halogens is 3. The molecule has 3 aromatic rings. The van der Waals surface area contributed by atoms with E-state index < -0.39 is 23.8 Å². The lowest BCUT2D eigenvalue weighted by Crippen LogP contribution is -2.10. The van der Waals surface area contributed by atoms with Gasteiger partial charge >= 0.3 is 12.1 Å². The van der Waals surface area contributed by atoms with Crippen molar-refractivity contribution < 1.29 is 36.7 Å². The Bertz CT molecular complexity index is 1050. The van der Waals surface area contributed by atoms with E-state index in [1.165, 1.54) is 45.4 Å². The molecular formula is C20H17F3N2O5. The van der Waals surface area contributed by atoms with Crippen molar-refractivity contribution >= 4 is 5.97 Å². The van der Waals surface area contributed by atoms with Gasteiger partial charge in [0.15, 0.2) is 17.6 Å². The molecule has 1 heterocycles. The molecule has 0 N–H and O–H groups in total. The van der Waals surface area contributed by atoms with Gasteiger partial charge in [0.25, 0.3) is 5.89 Å². The number of esters is 1. The molecule has 10 heteroatoms. The van der Waals surface area contributed by atoms with Gasteiger partial charge in [-0.05, 0) is 37.3 Å². The third kappa shape index (κ3) is 4.53. The van der Waals surface area contributed by atoms with Gasteiger partial charge < -0.3 is 18.7 Å². The Morgan fingerprint density at radius 3 is 2.47 bits per heavy atom. The molecule has 1 aromatic heterocycles. The first-order valence-electron chi connectivity index (χ1n) is 8.67. The smallest absolute Gasteiger partial charge is 0.416 e. The van der Waals surface area contributed by atoms with Crippen LogP contribution in [-0.2, 0) is 10.9 Å². The number of rotatable bonds is 6. The first kappa shape index (κ1) is 21.2. The molecule has 0 radical (unpaired) electrons. The highest BCUT2D eigenvalue weighted by Gasteiger charge is 2.31. The molecule has 2 aromatic carbocycles. The second-order valence-corrected chi connectivity index (χ2v) is 6.15. The van der Waals surface area contributed by atoms with Gasteiger partial charge in [-0.2, -0.15) is 18.2 Å². The first-order valence-corrected chi connectivity index (χ1v) is 8.67. The summed E-state index contributed by atoms with van der Waals surface area (Å²) in [5.41, 5.74) is -0.505. The molecule has 7 nitrogen and oxygen atoms in total. The Kier molecular flexibility index (Phi) is 5.95. The maximum absolute atomic E-state index is 12.9. The van der Waals surface area contributed by atoms with Crippen molar-refractivity contribution in [2.24, 2.45) is 0 Å². The third-order valence-corrected chi connectivity index (χ3v) is 4.14. The van der Waals surface area contributed by atoms with Crippen molar-refractivity contribution in [3.05, 3.63) is 59.5 Å². The predicted octanol–water partition coefficient (Wildman–Crippen LogP) is 4.69. The fraction of sp³-hybridized carbons (Fsp3) is 0.250. The number of methoxy groups -OCH3 is 2. The van der Waals surface area contributed by atoms with Crippen LogP contribution in [0.1, 0.15) is 34.8 Å². The highest BCUT2D eigenvalue weighted by Crippen LogP contribution is 2.32. The van der Waals surface area contributed by atoms with Crippen LogP contribution in [0.2, 0.25) is 0 Å². The van der Waals surface area contributed by atoms with Gasteiger partial charge in [0.05, 0.1) is 25.3 Å². The number of carbonyl (C=O) groups excluding carboxylic acids is 1. The number of nitrogens with zero attached hydrogens (tertiary/aromatic N) is 2. The van der Waals surface area contributed by atoms with Crippen LogP contribution >= 0.6 is 0 Å². The quantitative estimate of drug-likeness (QED) is 0.533. The van der Waals surface area contributed by atoms with Crippen molar-refractivity contribution in [1.29, 1.82) is 0 Å². The topological polar surface area (TPSA) is 83.7 Å². The molecule has 1 atom stereocenters. The molecule has 0 spiro atoms. The SMILES string of the molecule is COc1ccc(C(=O)OC(C)c2nc(-c3cccc(C(F)(F)F)c3)no2)cc1OC. The molecule has 0 saturated heterocycles. The molecule has 0 saturated carbocycles. The van der Waals surface area contributed by atoms with E-state index in [9.17, 15) is 18.0 Å². The highest BCUT2D eigenvalue weighted by molar-refractivity contribution is 5.90. The lowest BCUT2D eigenvalue weighted by molar-refractivity contribution is -0.137. The Hall–Kier alpha value is -3.56. The van der Waals surface area contributed by atoms with Gasteiger partial charge in [0, 0.05) is 5.56 Å². The molecule has 0 fully saturated rings. The highest BCUT2D eigenvalue weighted by atomic mass is 19.4. The molecule has 3 rings (SSSR count). The van der Waals surface area contributed by atoms with E-state index in [2.05, 4.69) is 10.1 Å². The standard InChI is InChI=1S/C20H17F3N2O5/c1-11(29-19(26)13-7-8-15(27-2)16(10-13)28-3)18-24-17(25-30-18)12-5-4-6-14(9-12)20(21,22)23/h4-11H,1-3H3. The average Bonchev–Trinajstić information content (AvgIpc) is 3.23. The van der Waals surface area contributed by atoms with Crippen LogP contribution < -0.4 is 9.47 Å². The monoisotopic (exact) mass is 422 g/mol. The molecular weight excluding hydrogens is 405 g/mol. The van der Waals surface area contributed by atoms with E-state index in [1.54, 1.807) is 6.07 Å². The number of hydrogen-bond acceptors (Lipinski definition) is 7. The number of benzene rings is 2. The Labute approximate surface area is 169 Å². The van der Waals surface area contributed by atoms with Crippen molar-refractivity contribution in [1.82, 2.24) is 10.1 Å². The van der Waals surface area contributed by atoms with Gasteiger partial charge in [0.1, 0.15) is 0 Å². The van der Waals surface area contributed by atoms with Crippen molar-refractivity contribution in [3.63, 3.8) is 0 Å². The number of hydrogen-bond donors (Lipinski definition) is 0. The van der Waals surface area contributed by atoms with Gasteiger partial charge in [0.2, 0.25) is 5.82 Å². The average molecular weight is 422 g/mol. The van der Waals surface area contributed by atoms with Crippen LogP contribution in [0.3, 0.4) is 0 Å². The molecule has 1 unspecified atom stereocenters. The minimum Gasteiger partial charge on any atom is -0.493 e. The number of ether oxygens (including phenoxy) is 3. The summed E-state index contributed by atoms with van der Waals surface area (Å²) < 4.78 is 59.3. The zero-order valence-electron chi connectivity index (χ0n) is 16.2.